The molecule has 0 saturated carbocycles. The van der Waals surface area contributed by atoms with E-state index in [2.05, 4.69) is 10.4 Å². The van der Waals surface area contributed by atoms with Gasteiger partial charge in [-0.1, -0.05) is 23.2 Å². The standard InChI is InChI=1S/C17H22Cl2N4O.ClH/c1-10-13(8-16(24)21-9-17(3,4)20)11(2)23(22-10)15-6-5-12(18)7-14(15)19;/h5-7H,8-9,20H2,1-4H3,(H,21,24);1H. The van der Waals surface area contributed by atoms with E-state index in [-0.39, 0.29) is 24.7 Å². The Balaban J connectivity index is 0.00000312. The number of nitrogens with two attached hydrogens (primary N) is 1. The quantitative estimate of drug-likeness (QED) is 0.798. The first-order valence-electron chi connectivity index (χ1n) is 7.64. The zero-order chi connectivity index (χ0) is 18.1. The lowest BCUT2D eigenvalue weighted by molar-refractivity contribution is -0.120. The molecule has 0 spiro atoms. The summed E-state index contributed by atoms with van der Waals surface area (Å²) >= 11 is 12.2. The summed E-state index contributed by atoms with van der Waals surface area (Å²) in [5.74, 6) is -0.0820. The molecule has 0 aliphatic rings. The van der Waals surface area contributed by atoms with Gasteiger partial charge in [0, 0.05) is 28.4 Å². The number of aryl methyl sites for hydroxylation is 1. The van der Waals surface area contributed by atoms with Gasteiger partial charge in [0.2, 0.25) is 5.91 Å². The first-order valence-corrected chi connectivity index (χ1v) is 8.40. The summed E-state index contributed by atoms with van der Waals surface area (Å²) in [7, 11) is 0. The van der Waals surface area contributed by atoms with E-state index in [9.17, 15) is 4.79 Å². The van der Waals surface area contributed by atoms with Crippen molar-refractivity contribution in [3.63, 3.8) is 0 Å². The molecule has 0 radical (unpaired) electrons. The van der Waals surface area contributed by atoms with Gasteiger partial charge in [-0.15, -0.1) is 12.4 Å². The van der Waals surface area contributed by atoms with Crippen LogP contribution in [0.5, 0.6) is 0 Å². The molecular formula is C17H23Cl3N4O. The number of carbonyl (C=O) groups is 1. The van der Waals surface area contributed by atoms with Crippen LogP contribution < -0.4 is 11.1 Å². The predicted octanol–water partition coefficient (Wildman–Crippen LogP) is 3.61. The lowest BCUT2D eigenvalue weighted by Crippen LogP contribution is -2.45. The van der Waals surface area contributed by atoms with Crippen molar-refractivity contribution in [2.45, 2.75) is 39.7 Å². The van der Waals surface area contributed by atoms with Crippen molar-refractivity contribution in [1.82, 2.24) is 15.1 Å². The van der Waals surface area contributed by atoms with Gasteiger partial charge in [0.05, 0.1) is 22.8 Å². The van der Waals surface area contributed by atoms with Gasteiger partial charge in [-0.3, -0.25) is 4.79 Å². The highest BCUT2D eigenvalue weighted by atomic mass is 35.5. The van der Waals surface area contributed by atoms with E-state index in [1.54, 1.807) is 16.8 Å². The van der Waals surface area contributed by atoms with Gasteiger partial charge in [0.1, 0.15) is 0 Å². The largest absolute Gasteiger partial charge is 0.354 e. The van der Waals surface area contributed by atoms with E-state index in [1.807, 2.05) is 33.8 Å². The molecule has 1 amide bonds. The number of nitrogens with one attached hydrogen (secondary N) is 1. The molecule has 0 fully saturated rings. The lowest BCUT2D eigenvalue weighted by atomic mass is 10.1. The Morgan fingerprint density at radius 2 is 1.96 bits per heavy atom. The molecule has 0 aliphatic heterocycles. The number of aromatic nitrogens is 2. The summed E-state index contributed by atoms with van der Waals surface area (Å²) < 4.78 is 1.74. The molecule has 1 aromatic carbocycles. The molecule has 3 N–H and O–H groups in total. The second-order valence-corrected chi connectivity index (χ2v) is 7.44. The zero-order valence-corrected chi connectivity index (χ0v) is 17.0. The fraction of sp³-hybridized carbons (Fsp3) is 0.412. The molecule has 1 aromatic heterocycles. The Kier molecular flexibility index (Phi) is 7.32. The number of nitrogens with zero attached hydrogens (tertiary/aromatic N) is 2. The van der Waals surface area contributed by atoms with Crippen LogP contribution in [0, 0.1) is 13.8 Å². The van der Waals surface area contributed by atoms with Crippen LogP contribution in [0.3, 0.4) is 0 Å². The summed E-state index contributed by atoms with van der Waals surface area (Å²) in [6.45, 7) is 7.94. The third kappa shape index (κ3) is 5.61. The minimum Gasteiger partial charge on any atom is -0.354 e. The van der Waals surface area contributed by atoms with Crippen LogP contribution in [0.25, 0.3) is 5.69 Å². The van der Waals surface area contributed by atoms with Crippen molar-refractivity contribution in [2.75, 3.05) is 6.54 Å². The molecule has 2 rings (SSSR count). The van der Waals surface area contributed by atoms with E-state index < -0.39 is 5.54 Å². The van der Waals surface area contributed by atoms with E-state index in [4.69, 9.17) is 28.9 Å². The summed E-state index contributed by atoms with van der Waals surface area (Å²) in [5.41, 5.74) is 8.73. The molecule has 0 bridgehead atoms. The fourth-order valence-electron chi connectivity index (χ4n) is 2.37. The highest BCUT2D eigenvalue weighted by Gasteiger charge is 2.18. The van der Waals surface area contributed by atoms with E-state index in [0.717, 1.165) is 22.6 Å². The number of amides is 1. The average molecular weight is 406 g/mol. The topological polar surface area (TPSA) is 72.9 Å². The Morgan fingerprint density at radius 1 is 1.32 bits per heavy atom. The van der Waals surface area contributed by atoms with Crippen LogP contribution in [-0.2, 0) is 11.2 Å². The zero-order valence-electron chi connectivity index (χ0n) is 14.7. The fourth-order valence-corrected chi connectivity index (χ4v) is 2.86. The van der Waals surface area contributed by atoms with Crippen LogP contribution >= 0.6 is 35.6 Å². The second-order valence-electron chi connectivity index (χ2n) is 6.60. The molecule has 0 saturated heterocycles. The highest BCUT2D eigenvalue weighted by Crippen LogP contribution is 2.27. The minimum atomic E-state index is -0.444. The van der Waals surface area contributed by atoms with Crippen LogP contribution in [0.4, 0.5) is 0 Å². The first-order chi connectivity index (χ1) is 11.1. The number of carbonyl (C=O) groups excluding carboxylic acids is 1. The number of hydrogen-bond donors (Lipinski definition) is 2. The van der Waals surface area contributed by atoms with E-state index >= 15 is 0 Å². The molecule has 2 aromatic rings. The van der Waals surface area contributed by atoms with Gasteiger partial charge in [-0.2, -0.15) is 5.10 Å². The van der Waals surface area contributed by atoms with Gasteiger partial charge >= 0.3 is 0 Å². The first kappa shape index (κ1) is 21.8. The average Bonchev–Trinajstić information content (AvgIpc) is 2.72. The van der Waals surface area contributed by atoms with Crippen LogP contribution in [0.1, 0.15) is 30.8 Å². The number of hydrogen-bond acceptors (Lipinski definition) is 3. The van der Waals surface area contributed by atoms with Crippen LogP contribution in [-0.4, -0.2) is 27.8 Å². The van der Waals surface area contributed by atoms with Crippen molar-refractivity contribution in [3.8, 4) is 5.69 Å². The normalized spacial score (nSPS) is 11.2. The van der Waals surface area contributed by atoms with Crippen molar-refractivity contribution in [1.29, 1.82) is 0 Å². The Labute approximate surface area is 164 Å². The van der Waals surface area contributed by atoms with Crippen molar-refractivity contribution in [2.24, 2.45) is 5.73 Å². The van der Waals surface area contributed by atoms with E-state index in [1.165, 1.54) is 0 Å². The molecule has 138 valence electrons. The van der Waals surface area contributed by atoms with Crippen molar-refractivity contribution in [3.05, 3.63) is 45.2 Å². The summed E-state index contributed by atoms with van der Waals surface area (Å²) in [4.78, 5) is 12.2. The van der Waals surface area contributed by atoms with Crippen LogP contribution in [0.2, 0.25) is 10.0 Å². The summed E-state index contributed by atoms with van der Waals surface area (Å²) in [6.07, 6.45) is 0.249. The molecule has 0 unspecified atom stereocenters. The van der Waals surface area contributed by atoms with Gasteiger partial charge in [-0.05, 0) is 45.9 Å². The molecule has 25 heavy (non-hydrogen) atoms. The molecular weight excluding hydrogens is 383 g/mol. The maximum absolute atomic E-state index is 12.2. The maximum Gasteiger partial charge on any atom is 0.224 e. The van der Waals surface area contributed by atoms with Gasteiger partial charge in [0.15, 0.2) is 0 Å². The molecule has 1 heterocycles. The monoisotopic (exact) mass is 404 g/mol. The van der Waals surface area contributed by atoms with Crippen molar-refractivity contribution < 1.29 is 4.79 Å². The summed E-state index contributed by atoms with van der Waals surface area (Å²) in [6, 6.07) is 5.24. The lowest BCUT2D eigenvalue weighted by Gasteiger charge is -2.18. The molecule has 5 nitrogen and oxygen atoms in total. The number of benzene rings is 1. The van der Waals surface area contributed by atoms with Crippen LogP contribution in [0.15, 0.2) is 18.2 Å². The number of halogens is 3. The Morgan fingerprint density at radius 3 is 2.52 bits per heavy atom. The molecule has 0 aliphatic carbocycles. The van der Waals surface area contributed by atoms with Crippen molar-refractivity contribution >= 4 is 41.5 Å². The second kappa shape index (κ2) is 8.41. The van der Waals surface area contributed by atoms with Gasteiger partial charge < -0.3 is 11.1 Å². The SMILES string of the molecule is Cc1nn(-c2ccc(Cl)cc2Cl)c(C)c1CC(=O)NCC(C)(C)N.Cl. The van der Waals surface area contributed by atoms with E-state index in [0.29, 0.717) is 16.6 Å². The minimum absolute atomic E-state index is 0. The van der Waals surface area contributed by atoms with Gasteiger partial charge in [-0.25, -0.2) is 4.68 Å². The predicted molar refractivity (Wildman–Crippen MR) is 105 cm³/mol. The molecule has 8 heteroatoms. The summed E-state index contributed by atoms with van der Waals surface area (Å²) in [5, 5.41) is 8.44. The number of rotatable bonds is 5. The maximum atomic E-state index is 12.2. The van der Waals surface area contributed by atoms with Gasteiger partial charge in [0.25, 0.3) is 0 Å². The Bertz CT molecular complexity index is 766. The third-order valence-corrected chi connectivity index (χ3v) is 4.20. The highest BCUT2D eigenvalue weighted by molar-refractivity contribution is 6.35. The third-order valence-electron chi connectivity index (χ3n) is 3.66. The Hall–Kier alpha value is -1.27. The molecule has 0 atom stereocenters. The smallest absolute Gasteiger partial charge is 0.224 e.